The number of amides is 4. The summed E-state index contributed by atoms with van der Waals surface area (Å²) in [5.74, 6) is -2.81. The van der Waals surface area contributed by atoms with Crippen LogP contribution in [-0.4, -0.2) is 129 Å². The van der Waals surface area contributed by atoms with Crippen LogP contribution in [0.25, 0.3) is 0 Å². The molecule has 4 aromatic heterocycles. The van der Waals surface area contributed by atoms with Crippen LogP contribution < -0.4 is 32.9 Å². The first-order valence-electron chi connectivity index (χ1n) is 21.5. The molecule has 21 heteroatoms. The Labute approximate surface area is 383 Å². The summed E-state index contributed by atoms with van der Waals surface area (Å²) in [6.07, 6.45) is 1.25. The Hall–Kier alpha value is -8.10. The number of carbonyl (C=O) groups is 4. The number of anilines is 1. The lowest BCUT2D eigenvalue weighted by Gasteiger charge is -2.27. The van der Waals surface area contributed by atoms with Crippen molar-refractivity contribution in [1.82, 2.24) is 38.9 Å². The monoisotopic (exact) mass is 925 g/mol. The Bertz CT molecular complexity index is 2790. The Morgan fingerprint density at radius 1 is 0.478 bits per heavy atom. The quantitative estimate of drug-likeness (QED) is 0.0457. The number of hydrogen-bond acceptors (Lipinski definition) is 13. The van der Waals surface area contributed by atoms with Crippen molar-refractivity contribution in [1.29, 1.82) is 0 Å². The van der Waals surface area contributed by atoms with Gasteiger partial charge in [-0.3, -0.25) is 38.4 Å². The zero-order valence-electron chi connectivity index (χ0n) is 37.4. The van der Waals surface area contributed by atoms with E-state index in [9.17, 15) is 59.2 Å². The fraction of sp³-hybridized carbons (Fsp3) is 0.348. The van der Waals surface area contributed by atoms with Crippen LogP contribution in [0.1, 0.15) is 94.0 Å². The minimum absolute atomic E-state index is 0.00398. The molecular formula is C46H55N9O12. The number of aromatic nitrogens is 4. The molecule has 0 atom stereocenters. The van der Waals surface area contributed by atoms with Crippen LogP contribution in [0, 0.1) is 0 Å². The maximum absolute atomic E-state index is 14.0. The maximum Gasteiger partial charge on any atom is 0.283 e. The first-order valence-corrected chi connectivity index (χ1v) is 21.5. The zero-order valence-corrected chi connectivity index (χ0v) is 37.4. The molecule has 0 aliphatic heterocycles. The Morgan fingerprint density at radius 2 is 0.836 bits per heavy atom. The molecule has 5 aromatic rings. The molecule has 0 radical (unpaired) electrons. The predicted molar refractivity (Wildman–Crippen MR) is 244 cm³/mol. The van der Waals surface area contributed by atoms with E-state index in [0.29, 0.717) is 6.42 Å². The molecule has 5 rings (SSSR count). The average molecular weight is 926 g/mol. The van der Waals surface area contributed by atoms with Gasteiger partial charge in [0.05, 0.1) is 0 Å². The molecule has 0 bridgehead atoms. The van der Waals surface area contributed by atoms with E-state index in [1.54, 1.807) is 0 Å². The molecule has 356 valence electrons. The summed E-state index contributed by atoms with van der Waals surface area (Å²) in [5, 5.41) is 47.3. The van der Waals surface area contributed by atoms with Crippen LogP contribution in [0.3, 0.4) is 0 Å². The number of nitrogens with zero attached hydrogens (tertiary/aromatic N) is 7. The second kappa shape index (κ2) is 22.7. The molecule has 4 heterocycles. The van der Waals surface area contributed by atoms with Crippen LogP contribution in [-0.2, 0) is 6.42 Å². The minimum Gasteiger partial charge on any atom is -0.425 e. The molecule has 67 heavy (non-hydrogen) atoms. The molecule has 0 aliphatic carbocycles. The number of nitrogens with one attached hydrogen (secondary N) is 2. The number of rotatable bonds is 21. The molecule has 1 aromatic carbocycles. The average Bonchev–Trinajstić information content (AvgIpc) is 3.29. The number of hydrogen-bond donors (Lipinski definition) is 6. The highest BCUT2D eigenvalue weighted by Crippen LogP contribution is 2.17. The normalized spacial score (nSPS) is 11.1. The van der Waals surface area contributed by atoms with Crippen molar-refractivity contribution in [3.63, 3.8) is 0 Å². The van der Waals surface area contributed by atoms with Crippen molar-refractivity contribution in [2.75, 3.05) is 51.1 Å². The van der Waals surface area contributed by atoms with E-state index in [4.69, 9.17) is 0 Å². The van der Waals surface area contributed by atoms with Crippen molar-refractivity contribution >= 4 is 29.3 Å². The molecule has 0 aliphatic rings. The lowest BCUT2D eigenvalue weighted by molar-refractivity contribution is 0.0637. The number of benzene rings is 1. The second-order valence-electron chi connectivity index (χ2n) is 16.6. The summed E-state index contributed by atoms with van der Waals surface area (Å²) >= 11 is 0. The zero-order chi connectivity index (χ0) is 48.8. The highest BCUT2D eigenvalue weighted by molar-refractivity contribution is 5.94. The van der Waals surface area contributed by atoms with E-state index >= 15 is 0 Å². The summed E-state index contributed by atoms with van der Waals surface area (Å²) in [6.45, 7) is 6.42. The van der Waals surface area contributed by atoms with Crippen molar-refractivity contribution in [2.24, 2.45) is 0 Å². The summed E-state index contributed by atoms with van der Waals surface area (Å²) < 4.78 is 0.924. The van der Waals surface area contributed by atoms with Gasteiger partial charge in [0, 0.05) is 81.3 Å². The second-order valence-corrected chi connectivity index (χ2v) is 16.6. The van der Waals surface area contributed by atoms with Gasteiger partial charge in [0.1, 0.15) is 22.8 Å². The Kier molecular flexibility index (Phi) is 16.9. The largest absolute Gasteiger partial charge is 0.425 e. The van der Waals surface area contributed by atoms with E-state index in [1.807, 2.05) is 45.0 Å². The van der Waals surface area contributed by atoms with Crippen molar-refractivity contribution in [2.45, 2.75) is 58.4 Å². The van der Waals surface area contributed by atoms with Crippen LogP contribution in [0.4, 0.5) is 5.69 Å². The van der Waals surface area contributed by atoms with Gasteiger partial charge in [0.15, 0.2) is 0 Å². The van der Waals surface area contributed by atoms with Gasteiger partial charge in [-0.1, -0.05) is 36.4 Å². The van der Waals surface area contributed by atoms with Crippen molar-refractivity contribution in [3.8, 4) is 0 Å². The topological polar surface area (TPSA) is 271 Å². The fourth-order valence-electron chi connectivity index (χ4n) is 7.09. The first-order chi connectivity index (χ1) is 31.9. The highest BCUT2D eigenvalue weighted by Gasteiger charge is 2.25. The highest BCUT2D eigenvalue weighted by atomic mass is 16.5. The minimum atomic E-state index is -0.842. The maximum atomic E-state index is 14.0. The van der Waals surface area contributed by atoms with E-state index in [1.165, 1.54) is 63.2 Å². The Balaban J connectivity index is 1.30. The fourth-order valence-corrected chi connectivity index (χ4v) is 7.09. The first kappa shape index (κ1) is 49.9. The number of pyridine rings is 4. The van der Waals surface area contributed by atoms with Crippen molar-refractivity contribution < 1.29 is 40.0 Å². The Morgan fingerprint density at radius 3 is 1.25 bits per heavy atom. The van der Waals surface area contributed by atoms with Crippen LogP contribution in [0.15, 0.2) is 116 Å². The molecule has 6 N–H and O–H groups in total. The summed E-state index contributed by atoms with van der Waals surface area (Å²) in [7, 11) is 0. The molecule has 0 saturated carbocycles. The predicted octanol–water partition coefficient (Wildman–Crippen LogP) is 2.45. The third-order valence-electron chi connectivity index (χ3n) is 10.5. The molecule has 0 spiro atoms. The van der Waals surface area contributed by atoms with Gasteiger partial charge in [0.2, 0.25) is 0 Å². The van der Waals surface area contributed by atoms with Crippen LogP contribution in [0.5, 0.6) is 0 Å². The van der Waals surface area contributed by atoms with Crippen LogP contribution >= 0.6 is 0 Å². The molecule has 0 fully saturated rings. The van der Waals surface area contributed by atoms with E-state index in [0.717, 1.165) is 35.5 Å². The van der Waals surface area contributed by atoms with Gasteiger partial charge in [-0.15, -0.1) is 18.9 Å². The molecular weight excluding hydrogens is 871 g/mol. The van der Waals surface area contributed by atoms with Gasteiger partial charge in [0.25, 0.3) is 45.9 Å². The number of unbranched alkanes of at least 4 members (excludes halogenated alkanes) is 1. The molecule has 21 nitrogen and oxygen atoms in total. The summed E-state index contributed by atoms with van der Waals surface area (Å²) in [4.78, 5) is 107. The van der Waals surface area contributed by atoms with Crippen LogP contribution in [0.2, 0.25) is 0 Å². The van der Waals surface area contributed by atoms with Gasteiger partial charge in [-0.25, -0.2) is 0 Å². The lowest BCUT2D eigenvalue weighted by atomic mass is 10.1. The van der Waals surface area contributed by atoms with E-state index < -0.39 is 45.9 Å². The summed E-state index contributed by atoms with van der Waals surface area (Å²) in [6, 6.07) is 22.4. The summed E-state index contributed by atoms with van der Waals surface area (Å²) in [5.41, 5.74) is -2.84. The molecule has 0 unspecified atom stereocenters. The third kappa shape index (κ3) is 13.5. The van der Waals surface area contributed by atoms with E-state index in [2.05, 4.69) is 10.6 Å². The smallest absolute Gasteiger partial charge is 0.283 e. The standard InChI is InChI=1S/C46H55N9O12/c1-46(2,3)48-33-22-20-32(21-23-33)24-31-51(45(63)37-15-9-19-41(59)55(37)67)30-11-29-50(44(62)36-14-8-18-40(58)54(36)66)27-5-4-26-49(43(61)35-13-7-17-39(57)53(35)65)28-10-25-47-42(60)34-12-6-16-38(56)52(34)64/h6-9,12-23,48,64-67H,4-5,10-11,24-31H2,1-3H3,(H,47,60). The van der Waals surface area contributed by atoms with E-state index in [-0.39, 0.29) is 119 Å². The lowest BCUT2D eigenvalue weighted by Crippen LogP contribution is -2.41. The van der Waals surface area contributed by atoms with Crippen molar-refractivity contribution in [3.05, 3.63) is 167 Å². The van der Waals surface area contributed by atoms with Gasteiger partial charge >= 0.3 is 0 Å². The molecule has 4 amide bonds. The van der Waals surface area contributed by atoms with Gasteiger partial charge in [-0.2, -0.15) is 0 Å². The molecule has 0 saturated heterocycles. The van der Waals surface area contributed by atoms with Gasteiger partial charge in [-0.05, 0) is 94.8 Å². The third-order valence-corrected chi connectivity index (χ3v) is 10.5. The van der Waals surface area contributed by atoms with Gasteiger partial charge < -0.3 is 46.2 Å². The number of carbonyl (C=O) groups excluding carboxylic acids is 4. The SMILES string of the molecule is CC(C)(C)Nc1ccc(CCN(CCCN(CCCCN(CCCNC(=O)c2cccc(=O)n2O)C(=O)c2cccc(=O)n2O)C(=O)c2cccc(=O)n2O)C(=O)c2cccc(=O)n2O)cc1.